The minimum Gasteiger partial charge on any atom is -0.479 e. The van der Waals surface area contributed by atoms with Crippen LogP contribution in [0.1, 0.15) is 25.7 Å². The summed E-state index contributed by atoms with van der Waals surface area (Å²) in [6.07, 6.45) is 8.71. The number of methoxy groups -OCH3 is 1. The Hall–Kier alpha value is -3.00. The molecule has 3 aromatic heterocycles. The zero-order valence-electron chi connectivity index (χ0n) is 16.2. The lowest BCUT2D eigenvalue weighted by Gasteiger charge is -2.29. The molecule has 0 radical (unpaired) electrons. The Morgan fingerprint density at radius 3 is 2.69 bits per heavy atom. The largest absolute Gasteiger partial charge is 0.479 e. The van der Waals surface area contributed by atoms with E-state index in [0.29, 0.717) is 29.2 Å². The van der Waals surface area contributed by atoms with Gasteiger partial charge in [0, 0.05) is 43.0 Å². The van der Waals surface area contributed by atoms with Crippen molar-refractivity contribution < 1.29 is 9.47 Å². The van der Waals surface area contributed by atoms with Crippen LogP contribution in [0.15, 0.2) is 42.7 Å². The molecule has 0 aromatic carbocycles. The van der Waals surface area contributed by atoms with E-state index in [4.69, 9.17) is 9.47 Å². The molecule has 0 bridgehead atoms. The highest BCUT2D eigenvalue weighted by atomic mass is 16.5. The third kappa shape index (κ3) is 2.86. The summed E-state index contributed by atoms with van der Waals surface area (Å²) in [5, 5.41) is 12.9. The standard InChI is InChI=1S/C21H22N6O2/c1-28-21-18(26-10-2-9-22-26)7-4-15(23-21)16-5-8-20(25-24-16)29-14-11-13-3-6-17-19(12-14)27(13)17/h2,4-5,7-10,13-14,17,19H,3,6,11-12H2,1H3. The maximum Gasteiger partial charge on any atom is 0.240 e. The minimum atomic E-state index is 0.248. The molecular weight excluding hydrogens is 368 g/mol. The maximum atomic E-state index is 6.15. The van der Waals surface area contributed by atoms with Gasteiger partial charge in [-0.15, -0.1) is 10.2 Å². The van der Waals surface area contributed by atoms with Crippen molar-refractivity contribution in [3.63, 3.8) is 0 Å². The van der Waals surface area contributed by atoms with Crippen molar-refractivity contribution in [3.8, 4) is 28.8 Å². The maximum absolute atomic E-state index is 6.15. The quantitative estimate of drug-likeness (QED) is 0.619. The first kappa shape index (κ1) is 16.9. The normalized spacial score (nSPS) is 29.3. The van der Waals surface area contributed by atoms with E-state index in [-0.39, 0.29) is 6.10 Å². The summed E-state index contributed by atoms with van der Waals surface area (Å²) in [7, 11) is 1.60. The number of aromatic nitrogens is 5. The van der Waals surface area contributed by atoms with Gasteiger partial charge in [0.25, 0.3) is 0 Å². The van der Waals surface area contributed by atoms with Gasteiger partial charge in [-0.3, -0.25) is 4.90 Å². The summed E-state index contributed by atoms with van der Waals surface area (Å²) in [6, 6.07) is 11.7. The predicted octanol–water partition coefficient (Wildman–Crippen LogP) is 2.49. The molecule has 6 heterocycles. The fourth-order valence-corrected chi connectivity index (χ4v) is 5.04. The number of hydrogen-bond acceptors (Lipinski definition) is 7. The van der Waals surface area contributed by atoms with Crippen LogP contribution in [0.5, 0.6) is 11.8 Å². The topological polar surface area (TPSA) is 78.0 Å². The number of hydrogen-bond donors (Lipinski definition) is 0. The summed E-state index contributed by atoms with van der Waals surface area (Å²) >= 11 is 0. The first-order valence-corrected chi connectivity index (χ1v) is 10.1. The fourth-order valence-electron chi connectivity index (χ4n) is 5.04. The zero-order chi connectivity index (χ0) is 19.4. The van der Waals surface area contributed by atoms with Gasteiger partial charge in [0.2, 0.25) is 11.8 Å². The molecule has 0 amide bonds. The number of fused-ring (bicyclic) bond motifs is 1. The van der Waals surface area contributed by atoms with Crippen LogP contribution in [0.25, 0.3) is 17.1 Å². The molecular formula is C21H22N6O2. The fraction of sp³-hybridized carbons (Fsp3) is 0.429. The van der Waals surface area contributed by atoms with E-state index in [1.165, 1.54) is 12.8 Å². The SMILES string of the molecule is COc1nc(-c2ccc(OC3CC4CCC5C(C3)N45)nn2)ccc1-n1cccn1. The monoisotopic (exact) mass is 390 g/mol. The van der Waals surface area contributed by atoms with E-state index in [1.54, 1.807) is 18.0 Å². The highest BCUT2D eigenvalue weighted by Gasteiger charge is 2.59. The lowest BCUT2D eigenvalue weighted by atomic mass is 9.94. The van der Waals surface area contributed by atoms with Crippen LogP contribution in [-0.4, -0.2) is 61.2 Å². The Labute approximate surface area is 168 Å². The van der Waals surface area contributed by atoms with Gasteiger partial charge in [-0.25, -0.2) is 9.67 Å². The first-order valence-electron chi connectivity index (χ1n) is 10.1. The van der Waals surface area contributed by atoms with Crippen LogP contribution in [-0.2, 0) is 0 Å². The summed E-state index contributed by atoms with van der Waals surface area (Å²) in [4.78, 5) is 7.24. The number of piperidine rings is 2. The van der Waals surface area contributed by atoms with Gasteiger partial charge in [0.15, 0.2) is 0 Å². The second-order valence-corrected chi connectivity index (χ2v) is 7.96. The van der Waals surface area contributed by atoms with Gasteiger partial charge in [-0.1, -0.05) is 0 Å². The average molecular weight is 390 g/mol. The van der Waals surface area contributed by atoms with Crippen LogP contribution in [0.3, 0.4) is 0 Å². The van der Waals surface area contributed by atoms with Gasteiger partial charge in [0.1, 0.15) is 17.5 Å². The number of rotatable bonds is 5. The van der Waals surface area contributed by atoms with E-state index < -0.39 is 0 Å². The molecule has 8 heteroatoms. The number of pyridine rings is 1. The molecule has 5 unspecified atom stereocenters. The van der Waals surface area contributed by atoms with Gasteiger partial charge >= 0.3 is 0 Å². The molecule has 148 valence electrons. The summed E-state index contributed by atoms with van der Waals surface area (Å²) < 4.78 is 13.3. The van der Waals surface area contributed by atoms with Crippen molar-refractivity contribution in [2.24, 2.45) is 0 Å². The van der Waals surface area contributed by atoms with E-state index in [2.05, 4.69) is 25.2 Å². The van der Waals surface area contributed by atoms with Crippen LogP contribution in [0.2, 0.25) is 0 Å². The van der Waals surface area contributed by atoms with Crippen LogP contribution >= 0.6 is 0 Å². The highest BCUT2D eigenvalue weighted by molar-refractivity contribution is 5.58. The minimum absolute atomic E-state index is 0.248. The number of nitrogens with zero attached hydrogens (tertiary/aromatic N) is 6. The molecule has 0 spiro atoms. The summed E-state index contributed by atoms with van der Waals surface area (Å²) in [5.74, 6) is 1.07. The molecule has 3 aliphatic heterocycles. The van der Waals surface area contributed by atoms with Gasteiger partial charge in [0.05, 0.1) is 12.8 Å². The first-order chi connectivity index (χ1) is 14.3. The molecule has 3 fully saturated rings. The van der Waals surface area contributed by atoms with Crippen molar-refractivity contribution >= 4 is 0 Å². The summed E-state index contributed by atoms with van der Waals surface area (Å²) in [5.41, 5.74) is 2.15. The highest BCUT2D eigenvalue weighted by Crippen LogP contribution is 2.50. The van der Waals surface area contributed by atoms with Crippen LogP contribution < -0.4 is 9.47 Å². The second kappa shape index (κ2) is 6.52. The van der Waals surface area contributed by atoms with Gasteiger partial charge in [-0.05, 0) is 43.5 Å². The Morgan fingerprint density at radius 1 is 1.00 bits per heavy atom. The molecule has 3 aliphatic rings. The molecule has 3 saturated heterocycles. The Bertz CT molecular complexity index is 1020. The van der Waals surface area contributed by atoms with E-state index in [1.807, 2.05) is 36.5 Å². The molecule has 29 heavy (non-hydrogen) atoms. The predicted molar refractivity (Wildman–Crippen MR) is 105 cm³/mol. The van der Waals surface area contributed by atoms with Crippen LogP contribution in [0, 0.1) is 0 Å². The Kier molecular flexibility index (Phi) is 3.80. The third-order valence-corrected chi connectivity index (χ3v) is 6.35. The molecule has 6 rings (SSSR count). The van der Waals surface area contributed by atoms with E-state index in [0.717, 1.165) is 30.6 Å². The molecule has 5 atom stereocenters. The molecule has 0 aliphatic carbocycles. The summed E-state index contributed by atoms with van der Waals surface area (Å²) in [6.45, 7) is 0. The van der Waals surface area contributed by atoms with Gasteiger partial charge < -0.3 is 9.47 Å². The van der Waals surface area contributed by atoms with Gasteiger partial charge in [-0.2, -0.15) is 5.10 Å². The zero-order valence-corrected chi connectivity index (χ0v) is 16.2. The third-order valence-electron chi connectivity index (χ3n) is 6.35. The molecule has 8 nitrogen and oxygen atoms in total. The van der Waals surface area contributed by atoms with Crippen molar-refractivity contribution in [3.05, 3.63) is 42.7 Å². The smallest absolute Gasteiger partial charge is 0.240 e. The lowest BCUT2D eigenvalue weighted by molar-refractivity contribution is 0.111. The van der Waals surface area contributed by atoms with E-state index in [9.17, 15) is 0 Å². The Morgan fingerprint density at radius 2 is 1.93 bits per heavy atom. The van der Waals surface area contributed by atoms with Crippen molar-refractivity contribution in [2.45, 2.75) is 49.9 Å². The van der Waals surface area contributed by atoms with E-state index >= 15 is 0 Å². The van der Waals surface area contributed by atoms with Crippen LogP contribution in [0.4, 0.5) is 0 Å². The van der Waals surface area contributed by atoms with Crippen molar-refractivity contribution in [2.75, 3.05) is 7.11 Å². The molecule has 3 aromatic rings. The molecule has 0 N–H and O–H groups in total. The second-order valence-electron chi connectivity index (χ2n) is 7.96. The number of ether oxygens (including phenoxy) is 2. The van der Waals surface area contributed by atoms with Crippen molar-refractivity contribution in [1.29, 1.82) is 0 Å². The Balaban J connectivity index is 1.18. The lowest BCUT2D eigenvalue weighted by Crippen LogP contribution is -2.35. The average Bonchev–Trinajstić information content (AvgIpc) is 3.11. The van der Waals surface area contributed by atoms with Crippen molar-refractivity contribution in [1.82, 2.24) is 29.9 Å². The molecule has 0 saturated carbocycles.